The summed E-state index contributed by atoms with van der Waals surface area (Å²) < 4.78 is 1.93. The third-order valence-corrected chi connectivity index (χ3v) is 3.72. The number of nitrogens with zero attached hydrogens (tertiary/aromatic N) is 1. The van der Waals surface area contributed by atoms with Gasteiger partial charge < -0.3 is 0 Å². The number of carbonyl (C=O) groups is 1. The number of hydrogen-bond donors (Lipinski definition) is 0. The van der Waals surface area contributed by atoms with E-state index < -0.39 is 0 Å². The van der Waals surface area contributed by atoms with Gasteiger partial charge in [-0.25, -0.2) is 0 Å². The maximum atomic E-state index is 12.5. The maximum Gasteiger partial charge on any atom is 0.227 e. The molecule has 0 bridgehead atoms. The van der Waals surface area contributed by atoms with Crippen LogP contribution in [0, 0.1) is 0 Å². The van der Waals surface area contributed by atoms with E-state index in [9.17, 15) is 4.79 Å². The average Bonchev–Trinajstić information content (AvgIpc) is 2.53. The second-order valence-electron chi connectivity index (χ2n) is 5.44. The Bertz CT molecular complexity index is 563. The number of aryl methyl sites for hydroxylation is 1. The number of ketones is 1. The molecule has 0 saturated heterocycles. The monoisotopic (exact) mass is 282 g/mol. The summed E-state index contributed by atoms with van der Waals surface area (Å²) in [6.07, 6.45) is 9.79. The molecule has 1 aromatic heterocycles. The third-order valence-electron chi connectivity index (χ3n) is 3.72. The first-order valence-corrected chi connectivity index (χ1v) is 7.86. The highest BCUT2D eigenvalue weighted by molar-refractivity contribution is 5.96. The van der Waals surface area contributed by atoms with Crippen LogP contribution < -0.4 is 4.57 Å². The number of Topliss-reactive ketones (excluding diaryl/α,β-unsaturated/α-hetero) is 1. The van der Waals surface area contributed by atoms with Crippen molar-refractivity contribution in [3.63, 3.8) is 0 Å². The van der Waals surface area contributed by atoms with Gasteiger partial charge in [0.1, 0.15) is 0 Å². The molecule has 0 amide bonds. The number of rotatable bonds is 8. The molecular formula is C19H24NO+. The van der Waals surface area contributed by atoms with E-state index in [1.54, 1.807) is 0 Å². The highest BCUT2D eigenvalue weighted by Crippen LogP contribution is 2.14. The molecule has 0 aliphatic rings. The molecule has 0 unspecified atom stereocenters. The Morgan fingerprint density at radius 3 is 2.48 bits per heavy atom. The summed E-state index contributed by atoms with van der Waals surface area (Å²) in [6.45, 7) is 2.63. The van der Waals surface area contributed by atoms with Crippen molar-refractivity contribution in [2.75, 3.05) is 0 Å². The standard InChI is InChI=1S/C19H24NO/c1-2-3-4-6-11-17-12-7-8-13-18(17)19(21)16-20-14-9-5-10-15-20/h5,7-10,12-15H,2-4,6,11,16H2,1H3/q+1. The van der Waals surface area contributed by atoms with E-state index in [2.05, 4.69) is 13.0 Å². The van der Waals surface area contributed by atoms with E-state index in [1.165, 1.54) is 24.8 Å². The van der Waals surface area contributed by atoms with Crippen molar-refractivity contribution in [2.45, 2.75) is 45.6 Å². The van der Waals surface area contributed by atoms with Crippen LogP contribution in [0.2, 0.25) is 0 Å². The van der Waals surface area contributed by atoms with Gasteiger partial charge in [0.15, 0.2) is 12.4 Å². The molecule has 2 rings (SSSR count). The average molecular weight is 282 g/mol. The number of benzene rings is 1. The minimum absolute atomic E-state index is 0.192. The predicted octanol–water partition coefficient (Wildman–Crippen LogP) is 3.98. The smallest absolute Gasteiger partial charge is 0.227 e. The number of hydrogen-bond acceptors (Lipinski definition) is 1. The van der Waals surface area contributed by atoms with Crippen molar-refractivity contribution in [1.82, 2.24) is 0 Å². The SMILES string of the molecule is CCCCCCc1ccccc1C(=O)C[n+]1ccccc1. The van der Waals surface area contributed by atoms with Crippen molar-refractivity contribution in [1.29, 1.82) is 0 Å². The Kier molecular flexibility index (Phi) is 6.14. The fourth-order valence-corrected chi connectivity index (χ4v) is 2.54. The molecule has 1 aromatic carbocycles. The van der Waals surface area contributed by atoms with E-state index in [0.29, 0.717) is 6.54 Å². The van der Waals surface area contributed by atoms with Crippen LogP contribution in [-0.2, 0) is 13.0 Å². The number of aromatic nitrogens is 1. The molecule has 21 heavy (non-hydrogen) atoms. The molecule has 0 aliphatic carbocycles. The molecule has 2 aromatic rings. The maximum absolute atomic E-state index is 12.5. The van der Waals surface area contributed by atoms with Crippen molar-refractivity contribution in [3.8, 4) is 0 Å². The number of pyridine rings is 1. The second-order valence-corrected chi connectivity index (χ2v) is 5.44. The van der Waals surface area contributed by atoms with Gasteiger partial charge in [-0.15, -0.1) is 0 Å². The summed E-state index contributed by atoms with van der Waals surface area (Å²) in [5.74, 6) is 0.192. The van der Waals surface area contributed by atoms with Gasteiger partial charge in [0.05, 0.1) is 0 Å². The minimum atomic E-state index is 0.192. The van der Waals surface area contributed by atoms with Crippen molar-refractivity contribution < 1.29 is 9.36 Å². The molecule has 0 atom stereocenters. The summed E-state index contributed by atoms with van der Waals surface area (Å²) in [5.41, 5.74) is 2.07. The Labute approximate surface area is 127 Å². The van der Waals surface area contributed by atoms with Gasteiger partial charge in [0.25, 0.3) is 0 Å². The Balaban J connectivity index is 2.03. The van der Waals surface area contributed by atoms with Crippen LogP contribution in [-0.4, -0.2) is 5.78 Å². The van der Waals surface area contributed by atoms with E-state index >= 15 is 0 Å². The lowest BCUT2D eigenvalue weighted by Gasteiger charge is -2.07. The van der Waals surface area contributed by atoms with E-state index in [4.69, 9.17) is 0 Å². The van der Waals surface area contributed by atoms with Gasteiger partial charge >= 0.3 is 0 Å². The lowest BCUT2D eigenvalue weighted by Crippen LogP contribution is -2.37. The van der Waals surface area contributed by atoms with Crippen molar-refractivity contribution in [2.24, 2.45) is 0 Å². The lowest BCUT2D eigenvalue weighted by molar-refractivity contribution is -0.683. The quantitative estimate of drug-likeness (QED) is 0.407. The topological polar surface area (TPSA) is 20.9 Å². The van der Waals surface area contributed by atoms with Gasteiger partial charge in [-0.05, 0) is 18.4 Å². The highest BCUT2D eigenvalue weighted by Gasteiger charge is 2.14. The van der Waals surface area contributed by atoms with Gasteiger partial charge in [-0.2, -0.15) is 4.57 Å². The molecule has 0 saturated carbocycles. The van der Waals surface area contributed by atoms with Crippen LogP contribution in [0.4, 0.5) is 0 Å². The van der Waals surface area contributed by atoms with Gasteiger partial charge in [-0.1, -0.05) is 56.5 Å². The van der Waals surface area contributed by atoms with Crippen LogP contribution in [0.5, 0.6) is 0 Å². The highest BCUT2D eigenvalue weighted by atomic mass is 16.1. The van der Waals surface area contributed by atoms with Crippen LogP contribution in [0.1, 0.15) is 48.5 Å². The minimum Gasteiger partial charge on any atom is -0.287 e. The molecule has 0 N–H and O–H groups in total. The fraction of sp³-hybridized carbons (Fsp3) is 0.368. The fourth-order valence-electron chi connectivity index (χ4n) is 2.54. The molecule has 2 heteroatoms. The van der Waals surface area contributed by atoms with Gasteiger partial charge in [0.2, 0.25) is 12.3 Å². The summed E-state index contributed by atoms with van der Waals surface area (Å²) in [5, 5.41) is 0. The number of unbranched alkanes of at least 4 members (excludes halogenated alkanes) is 3. The summed E-state index contributed by atoms with van der Waals surface area (Å²) in [7, 11) is 0. The van der Waals surface area contributed by atoms with Crippen LogP contribution in [0.15, 0.2) is 54.9 Å². The van der Waals surface area contributed by atoms with E-state index in [-0.39, 0.29) is 5.78 Å². The molecule has 0 aliphatic heterocycles. The molecule has 0 fully saturated rings. The summed E-state index contributed by atoms with van der Waals surface area (Å²) in [6, 6.07) is 13.9. The van der Waals surface area contributed by atoms with Gasteiger partial charge in [-0.3, -0.25) is 4.79 Å². The third kappa shape index (κ3) is 4.82. The molecule has 0 spiro atoms. The first-order valence-electron chi connectivity index (χ1n) is 7.86. The Morgan fingerprint density at radius 2 is 1.71 bits per heavy atom. The normalized spacial score (nSPS) is 10.5. The molecule has 2 nitrogen and oxygen atoms in total. The van der Waals surface area contributed by atoms with Crippen LogP contribution in [0.3, 0.4) is 0 Å². The van der Waals surface area contributed by atoms with E-state index in [1.807, 2.05) is 53.4 Å². The number of carbonyl (C=O) groups excluding carboxylic acids is 1. The first-order chi connectivity index (χ1) is 10.3. The second kappa shape index (κ2) is 8.35. The van der Waals surface area contributed by atoms with Crippen molar-refractivity contribution >= 4 is 5.78 Å². The Morgan fingerprint density at radius 1 is 0.952 bits per heavy atom. The summed E-state index contributed by atoms with van der Waals surface area (Å²) in [4.78, 5) is 12.5. The zero-order chi connectivity index (χ0) is 14.9. The molecule has 110 valence electrons. The molecular weight excluding hydrogens is 258 g/mol. The largest absolute Gasteiger partial charge is 0.287 e. The van der Waals surface area contributed by atoms with E-state index in [0.717, 1.165) is 18.4 Å². The van der Waals surface area contributed by atoms with Crippen LogP contribution >= 0.6 is 0 Å². The molecule has 1 heterocycles. The summed E-state index contributed by atoms with van der Waals surface area (Å²) >= 11 is 0. The lowest BCUT2D eigenvalue weighted by atomic mass is 9.98. The molecule has 0 radical (unpaired) electrons. The predicted molar refractivity (Wildman–Crippen MR) is 85.3 cm³/mol. The Hall–Kier alpha value is -1.96. The van der Waals surface area contributed by atoms with Crippen molar-refractivity contribution in [3.05, 3.63) is 66.0 Å². The first kappa shape index (κ1) is 15.4. The zero-order valence-corrected chi connectivity index (χ0v) is 12.8. The van der Waals surface area contributed by atoms with Gasteiger partial charge in [0, 0.05) is 17.7 Å². The van der Waals surface area contributed by atoms with Crippen LogP contribution in [0.25, 0.3) is 0 Å². The zero-order valence-electron chi connectivity index (χ0n) is 12.8.